The lowest BCUT2D eigenvalue weighted by molar-refractivity contribution is -0.143. The number of carbonyl (C=O) groups excluding carboxylic acids is 2. The third-order valence-corrected chi connectivity index (χ3v) is 7.40. The van der Waals surface area contributed by atoms with Gasteiger partial charge in [0.1, 0.15) is 17.9 Å². The molecule has 228 valence electrons. The zero-order chi connectivity index (χ0) is 31.4. The molecular formula is C27H20F9N5O2. The van der Waals surface area contributed by atoms with Gasteiger partial charge in [-0.15, -0.1) is 0 Å². The molecule has 2 saturated heterocycles. The van der Waals surface area contributed by atoms with Crippen LogP contribution in [0.5, 0.6) is 0 Å². The van der Waals surface area contributed by atoms with Crippen molar-refractivity contribution in [3.05, 3.63) is 83.2 Å². The molecule has 3 aromatic rings. The van der Waals surface area contributed by atoms with Gasteiger partial charge in [-0.3, -0.25) is 14.5 Å². The van der Waals surface area contributed by atoms with Crippen molar-refractivity contribution >= 4 is 23.5 Å². The van der Waals surface area contributed by atoms with Gasteiger partial charge in [0.2, 0.25) is 5.95 Å². The normalized spacial score (nSPS) is 17.6. The van der Waals surface area contributed by atoms with Crippen molar-refractivity contribution < 1.29 is 49.1 Å². The van der Waals surface area contributed by atoms with Crippen molar-refractivity contribution in [1.29, 1.82) is 0 Å². The standard InChI is InChI=1S/C27H20F9N5O2/c28-25(29,30)17-12-16(13-18(14-17)26(31,32)33)21(42)39-10-7-24(8-11-39)22(43)40(15-41(24)19-4-2-1-3-5-19)23-37-9-6-20(38-23)27(34,35)36/h1-6,9,12-14H,7-8,10-11,15H2. The fraction of sp³-hybridized carbons (Fsp3) is 0.333. The minimum atomic E-state index is -5.15. The summed E-state index contributed by atoms with van der Waals surface area (Å²) < 4.78 is 120. The Kier molecular flexibility index (Phi) is 7.29. The fourth-order valence-electron chi connectivity index (χ4n) is 5.26. The lowest BCUT2D eigenvalue weighted by Gasteiger charge is -2.43. The minimum absolute atomic E-state index is 0.0820. The van der Waals surface area contributed by atoms with E-state index in [1.807, 2.05) is 0 Å². The highest BCUT2D eigenvalue weighted by molar-refractivity contribution is 6.05. The summed E-state index contributed by atoms with van der Waals surface area (Å²) in [6.07, 6.45) is -14.5. The molecule has 2 aliphatic heterocycles. The molecule has 2 fully saturated rings. The summed E-state index contributed by atoms with van der Waals surface area (Å²) in [4.78, 5) is 38.0. The van der Waals surface area contributed by atoms with Crippen molar-refractivity contribution in [1.82, 2.24) is 14.9 Å². The van der Waals surface area contributed by atoms with Crippen LogP contribution in [0.1, 0.15) is 40.0 Å². The van der Waals surface area contributed by atoms with Gasteiger partial charge < -0.3 is 9.80 Å². The molecule has 0 N–H and O–H groups in total. The Hall–Kier alpha value is -4.37. The first kappa shape index (κ1) is 30.1. The van der Waals surface area contributed by atoms with E-state index in [4.69, 9.17) is 0 Å². The van der Waals surface area contributed by atoms with Gasteiger partial charge >= 0.3 is 18.5 Å². The first-order valence-electron chi connectivity index (χ1n) is 12.6. The summed E-state index contributed by atoms with van der Waals surface area (Å²) in [6, 6.07) is 9.60. The van der Waals surface area contributed by atoms with Crippen LogP contribution in [0.3, 0.4) is 0 Å². The Labute approximate surface area is 237 Å². The number of hydrogen-bond donors (Lipinski definition) is 0. The number of benzene rings is 2. The van der Waals surface area contributed by atoms with Gasteiger partial charge in [0.15, 0.2) is 0 Å². The number of alkyl halides is 9. The molecule has 7 nitrogen and oxygen atoms in total. The largest absolute Gasteiger partial charge is 0.433 e. The van der Waals surface area contributed by atoms with Gasteiger partial charge in [-0.25, -0.2) is 9.97 Å². The number of hydrogen-bond acceptors (Lipinski definition) is 5. The Balaban J connectivity index is 1.46. The maximum absolute atomic E-state index is 13.9. The van der Waals surface area contributed by atoms with E-state index in [1.165, 1.54) is 0 Å². The molecule has 16 heteroatoms. The molecule has 5 rings (SSSR count). The number of aromatic nitrogens is 2. The van der Waals surface area contributed by atoms with Crippen molar-refractivity contribution in [3.63, 3.8) is 0 Å². The number of nitrogens with zero attached hydrogens (tertiary/aromatic N) is 5. The molecular weight excluding hydrogens is 597 g/mol. The smallest absolute Gasteiger partial charge is 0.338 e. The predicted octanol–water partition coefficient (Wildman–Crippen LogP) is 6.02. The number of likely N-dealkylation sites (tertiary alicyclic amines) is 1. The highest BCUT2D eigenvalue weighted by Gasteiger charge is 2.55. The Morgan fingerprint density at radius 1 is 0.791 bits per heavy atom. The van der Waals surface area contributed by atoms with Crippen LogP contribution in [0.4, 0.5) is 51.1 Å². The van der Waals surface area contributed by atoms with Gasteiger partial charge in [-0.2, -0.15) is 39.5 Å². The van der Waals surface area contributed by atoms with E-state index in [9.17, 15) is 49.1 Å². The number of rotatable bonds is 3. The van der Waals surface area contributed by atoms with Crippen molar-refractivity contribution in [3.8, 4) is 0 Å². The second-order valence-corrected chi connectivity index (χ2v) is 10.00. The lowest BCUT2D eigenvalue weighted by Crippen LogP contribution is -2.57. The molecule has 0 bridgehead atoms. The average molecular weight is 617 g/mol. The van der Waals surface area contributed by atoms with Crippen molar-refractivity contribution in [2.45, 2.75) is 36.9 Å². The molecule has 0 unspecified atom stereocenters. The monoisotopic (exact) mass is 617 g/mol. The first-order valence-corrected chi connectivity index (χ1v) is 12.6. The van der Waals surface area contributed by atoms with Crippen LogP contribution in [0, 0.1) is 0 Å². The van der Waals surface area contributed by atoms with Crippen LogP contribution in [-0.4, -0.2) is 52.0 Å². The number of carbonyl (C=O) groups is 2. The number of piperidine rings is 1. The summed E-state index contributed by atoms with van der Waals surface area (Å²) in [6.45, 7) is -0.744. The van der Waals surface area contributed by atoms with E-state index in [-0.39, 0.29) is 38.7 Å². The van der Waals surface area contributed by atoms with Gasteiger partial charge in [0, 0.05) is 30.5 Å². The van der Waals surface area contributed by atoms with Crippen LogP contribution < -0.4 is 9.80 Å². The highest BCUT2D eigenvalue weighted by atomic mass is 19.4. The zero-order valence-electron chi connectivity index (χ0n) is 21.8. The molecule has 2 amide bonds. The summed E-state index contributed by atoms with van der Waals surface area (Å²) in [5.41, 5.74) is -6.28. The molecule has 0 saturated carbocycles. The van der Waals surface area contributed by atoms with E-state index >= 15 is 0 Å². The molecule has 3 heterocycles. The van der Waals surface area contributed by atoms with Gasteiger partial charge in [-0.1, -0.05) is 18.2 Å². The molecule has 1 spiro atoms. The number of anilines is 2. The number of halogens is 9. The van der Waals surface area contributed by atoms with E-state index in [0.29, 0.717) is 23.9 Å². The van der Waals surface area contributed by atoms with Crippen LogP contribution in [0.15, 0.2) is 60.8 Å². The topological polar surface area (TPSA) is 69.6 Å². The van der Waals surface area contributed by atoms with Gasteiger partial charge in [-0.05, 0) is 49.2 Å². The summed E-state index contributed by atoms with van der Waals surface area (Å²) in [5.74, 6) is -2.26. The third-order valence-electron chi connectivity index (χ3n) is 7.40. The first-order chi connectivity index (χ1) is 20.0. The van der Waals surface area contributed by atoms with E-state index < -0.39 is 64.2 Å². The van der Waals surface area contributed by atoms with Gasteiger partial charge in [0.25, 0.3) is 11.8 Å². The number of amides is 2. The summed E-state index contributed by atoms with van der Waals surface area (Å²) in [5, 5.41) is 0. The molecule has 2 aromatic carbocycles. The molecule has 43 heavy (non-hydrogen) atoms. The average Bonchev–Trinajstić information content (AvgIpc) is 3.23. The zero-order valence-corrected chi connectivity index (χ0v) is 21.8. The lowest BCUT2D eigenvalue weighted by atomic mass is 9.85. The van der Waals surface area contributed by atoms with E-state index in [1.54, 1.807) is 35.2 Å². The van der Waals surface area contributed by atoms with E-state index in [0.717, 1.165) is 16.0 Å². The fourth-order valence-corrected chi connectivity index (χ4v) is 5.26. The van der Waals surface area contributed by atoms with Crippen LogP contribution in [-0.2, 0) is 23.3 Å². The molecule has 1 aromatic heterocycles. The minimum Gasteiger partial charge on any atom is -0.338 e. The van der Waals surface area contributed by atoms with Crippen LogP contribution >= 0.6 is 0 Å². The van der Waals surface area contributed by atoms with Crippen molar-refractivity contribution in [2.24, 2.45) is 0 Å². The highest BCUT2D eigenvalue weighted by Crippen LogP contribution is 2.42. The number of para-hydroxylation sites is 1. The quantitative estimate of drug-likeness (QED) is 0.337. The Morgan fingerprint density at radius 2 is 1.37 bits per heavy atom. The Morgan fingerprint density at radius 3 is 1.91 bits per heavy atom. The second-order valence-electron chi connectivity index (χ2n) is 10.00. The third kappa shape index (κ3) is 5.69. The molecule has 0 radical (unpaired) electrons. The SMILES string of the molecule is O=C(c1cc(C(F)(F)F)cc(C(F)(F)F)c1)N1CCC2(CC1)C(=O)N(c1nccc(C(F)(F)F)n1)CN2c1ccccc1. The van der Waals surface area contributed by atoms with Crippen LogP contribution in [0.25, 0.3) is 0 Å². The maximum Gasteiger partial charge on any atom is 0.433 e. The second kappa shape index (κ2) is 10.4. The molecule has 0 aliphatic carbocycles. The van der Waals surface area contributed by atoms with Crippen molar-refractivity contribution in [2.75, 3.05) is 29.6 Å². The predicted molar refractivity (Wildman–Crippen MR) is 133 cm³/mol. The summed E-state index contributed by atoms with van der Waals surface area (Å²) in [7, 11) is 0. The Bertz CT molecular complexity index is 1500. The summed E-state index contributed by atoms with van der Waals surface area (Å²) >= 11 is 0. The van der Waals surface area contributed by atoms with Gasteiger partial charge in [0.05, 0.1) is 11.1 Å². The molecule has 2 aliphatic rings. The van der Waals surface area contributed by atoms with E-state index in [2.05, 4.69) is 9.97 Å². The molecule has 0 atom stereocenters. The van der Waals surface area contributed by atoms with Crippen LogP contribution in [0.2, 0.25) is 0 Å². The maximum atomic E-state index is 13.9.